The minimum Gasteiger partial charge on any atom is -0.497 e. The Kier molecular flexibility index (Phi) is 6.23. The third kappa shape index (κ3) is 4.46. The van der Waals surface area contributed by atoms with Gasteiger partial charge in [0.15, 0.2) is 0 Å². The van der Waals surface area contributed by atoms with Crippen LogP contribution in [0.4, 0.5) is 0 Å². The highest BCUT2D eigenvalue weighted by atomic mass is 32.2. The Morgan fingerprint density at radius 2 is 2.05 bits per heavy atom. The molecule has 0 unspecified atom stereocenters. The maximum atomic E-state index is 12.1. The lowest BCUT2D eigenvalue weighted by Crippen LogP contribution is -2.28. The molecule has 0 aliphatic carbocycles. The zero-order chi connectivity index (χ0) is 14.3. The van der Waals surface area contributed by atoms with E-state index in [0.717, 1.165) is 0 Å². The number of rotatable bonds is 8. The predicted molar refractivity (Wildman–Crippen MR) is 70.8 cm³/mol. The molecule has 0 aliphatic heterocycles. The van der Waals surface area contributed by atoms with Crippen molar-refractivity contribution >= 4 is 10.0 Å². The molecule has 1 aromatic carbocycles. The summed E-state index contributed by atoms with van der Waals surface area (Å²) in [6.45, 7) is 0.363. The van der Waals surface area contributed by atoms with Gasteiger partial charge in [-0.3, -0.25) is 0 Å². The highest BCUT2D eigenvalue weighted by Gasteiger charge is 2.18. The Labute approximate surface area is 113 Å². The summed E-state index contributed by atoms with van der Waals surface area (Å²) < 4.78 is 36.5. The van der Waals surface area contributed by atoms with Crippen LogP contribution in [0.15, 0.2) is 23.1 Å². The number of aliphatic hydroxyl groups excluding tert-OH is 1. The highest BCUT2D eigenvalue weighted by molar-refractivity contribution is 7.89. The lowest BCUT2D eigenvalue weighted by Gasteiger charge is -2.12. The van der Waals surface area contributed by atoms with Gasteiger partial charge in [-0.15, -0.1) is 0 Å². The summed E-state index contributed by atoms with van der Waals surface area (Å²) in [4.78, 5) is 0.151. The minimum absolute atomic E-state index is 0.131. The number of aliphatic hydroxyl groups is 1. The van der Waals surface area contributed by atoms with Crippen LogP contribution in [-0.4, -0.2) is 47.5 Å². The monoisotopic (exact) mass is 289 g/mol. The van der Waals surface area contributed by atoms with Crippen molar-refractivity contribution in [3.05, 3.63) is 23.8 Å². The van der Waals surface area contributed by atoms with Gasteiger partial charge < -0.3 is 14.6 Å². The Hall–Kier alpha value is -1.15. The molecule has 0 bridgehead atoms. The number of ether oxygens (including phenoxy) is 2. The van der Waals surface area contributed by atoms with Crippen LogP contribution in [0.2, 0.25) is 0 Å². The molecule has 0 aromatic heterocycles. The quantitative estimate of drug-likeness (QED) is 0.666. The fourth-order valence-electron chi connectivity index (χ4n) is 1.62. The van der Waals surface area contributed by atoms with Gasteiger partial charge in [0, 0.05) is 20.3 Å². The highest BCUT2D eigenvalue weighted by Crippen LogP contribution is 2.22. The third-order valence-electron chi connectivity index (χ3n) is 2.54. The Morgan fingerprint density at radius 1 is 1.32 bits per heavy atom. The molecule has 7 heteroatoms. The lowest BCUT2D eigenvalue weighted by molar-refractivity contribution is 0.204. The van der Waals surface area contributed by atoms with E-state index in [-0.39, 0.29) is 24.5 Å². The van der Waals surface area contributed by atoms with Crippen LogP contribution in [0.3, 0.4) is 0 Å². The standard InChI is InChI=1S/C12H19NO5S/c1-17-8-6-13-19(15,16)12-4-3-11(18-2)9-10(12)5-7-14/h3-4,9,13-14H,5-8H2,1-2H3. The van der Waals surface area contributed by atoms with E-state index in [1.807, 2.05) is 0 Å². The molecule has 0 fully saturated rings. The zero-order valence-electron chi connectivity index (χ0n) is 11.0. The molecular formula is C12H19NO5S. The van der Waals surface area contributed by atoms with Gasteiger partial charge in [0.1, 0.15) is 5.75 Å². The molecule has 1 aromatic rings. The summed E-state index contributed by atoms with van der Waals surface area (Å²) >= 11 is 0. The van der Waals surface area contributed by atoms with Crippen LogP contribution in [-0.2, 0) is 21.2 Å². The normalized spacial score (nSPS) is 11.5. The average Bonchev–Trinajstić information content (AvgIpc) is 2.39. The molecule has 0 saturated carbocycles. The van der Waals surface area contributed by atoms with E-state index in [9.17, 15) is 8.42 Å². The van der Waals surface area contributed by atoms with Gasteiger partial charge in [0.2, 0.25) is 10.0 Å². The molecule has 0 saturated heterocycles. The molecule has 0 spiro atoms. The molecule has 19 heavy (non-hydrogen) atoms. The molecule has 0 heterocycles. The summed E-state index contributed by atoms with van der Waals surface area (Å²) in [5, 5.41) is 9.01. The van der Waals surface area contributed by atoms with E-state index in [1.54, 1.807) is 12.1 Å². The topological polar surface area (TPSA) is 84.9 Å². The molecule has 0 aliphatic rings. The first kappa shape index (κ1) is 15.9. The number of hydrogen-bond donors (Lipinski definition) is 2. The van der Waals surface area contributed by atoms with Crippen molar-refractivity contribution in [1.82, 2.24) is 4.72 Å². The number of hydrogen-bond acceptors (Lipinski definition) is 5. The van der Waals surface area contributed by atoms with Crippen molar-refractivity contribution < 1.29 is 23.0 Å². The predicted octanol–water partition coefficient (Wildman–Crippen LogP) is 0.155. The first-order valence-corrected chi connectivity index (χ1v) is 7.30. The average molecular weight is 289 g/mol. The van der Waals surface area contributed by atoms with Gasteiger partial charge in [0.25, 0.3) is 0 Å². The Bertz CT molecular complexity index is 501. The van der Waals surface area contributed by atoms with Crippen LogP contribution in [0, 0.1) is 0 Å². The van der Waals surface area contributed by atoms with Gasteiger partial charge in [-0.25, -0.2) is 13.1 Å². The zero-order valence-corrected chi connectivity index (χ0v) is 11.9. The van der Waals surface area contributed by atoms with Gasteiger partial charge in [0.05, 0.1) is 18.6 Å². The second kappa shape index (κ2) is 7.44. The Morgan fingerprint density at radius 3 is 2.63 bits per heavy atom. The molecule has 6 nitrogen and oxygen atoms in total. The van der Waals surface area contributed by atoms with E-state index in [2.05, 4.69) is 4.72 Å². The number of methoxy groups -OCH3 is 2. The van der Waals surface area contributed by atoms with Crippen LogP contribution >= 0.6 is 0 Å². The molecule has 1 rings (SSSR count). The summed E-state index contributed by atoms with van der Waals surface area (Å²) in [5.41, 5.74) is 0.520. The molecule has 108 valence electrons. The summed E-state index contributed by atoms with van der Waals surface area (Å²) in [6, 6.07) is 4.66. The van der Waals surface area contributed by atoms with Crippen molar-refractivity contribution in [1.29, 1.82) is 0 Å². The SMILES string of the molecule is COCCNS(=O)(=O)c1ccc(OC)cc1CCO. The van der Waals surface area contributed by atoms with Crippen molar-refractivity contribution in [3.63, 3.8) is 0 Å². The summed E-state index contributed by atoms with van der Waals surface area (Å²) in [5.74, 6) is 0.555. The van der Waals surface area contributed by atoms with E-state index in [1.165, 1.54) is 20.3 Å². The van der Waals surface area contributed by atoms with Crippen molar-refractivity contribution in [2.24, 2.45) is 0 Å². The molecule has 0 amide bonds. The summed E-state index contributed by atoms with van der Waals surface area (Å²) in [7, 11) is -0.605. The van der Waals surface area contributed by atoms with Crippen molar-refractivity contribution in [3.8, 4) is 5.75 Å². The van der Waals surface area contributed by atoms with Gasteiger partial charge >= 0.3 is 0 Å². The molecular weight excluding hydrogens is 270 g/mol. The number of nitrogens with one attached hydrogen (secondary N) is 1. The van der Waals surface area contributed by atoms with Crippen molar-refractivity contribution in [2.75, 3.05) is 34.0 Å². The van der Waals surface area contributed by atoms with Crippen molar-refractivity contribution in [2.45, 2.75) is 11.3 Å². The first-order valence-electron chi connectivity index (χ1n) is 5.81. The Balaban J connectivity index is 3.03. The smallest absolute Gasteiger partial charge is 0.240 e. The minimum atomic E-state index is -3.61. The second-order valence-corrected chi connectivity index (χ2v) is 5.57. The van der Waals surface area contributed by atoms with Gasteiger partial charge in [-0.2, -0.15) is 0 Å². The van der Waals surface area contributed by atoms with Crippen LogP contribution in [0.1, 0.15) is 5.56 Å². The van der Waals surface area contributed by atoms with Gasteiger partial charge in [-0.05, 0) is 30.2 Å². The maximum Gasteiger partial charge on any atom is 0.240 e. The van der Waals surface area contributed by atoms with E-state index in [0.29, 0.717) is 17.9 Å². The largest absolute Gasteiger partial charge is 0.497 e. The fourth-order valence-corrected chi connectivity index (χ4v) is 2.88. The fraction of sp³-hybridized carbons (Fsp3) is 0.500. The van der Waals surface area contributed by atoms with E-state index in [4.69, 9.17) is 14.6 Å². The van der Waals surface area contributed by atoms with Crippen LogP contribution in [0.25, 0.3) is 0 Å². The molecule has 0 radical (unpaired) electrons. The first-order chi connectivity index (χ1) is 9.05. The van der Waals surface area contributed by atoms with Crippen LogP contribution < -0.4 is 9.46 Å². The molecule has 2 N–H and O–H groups in total. The summed E-state index contributed by atoms with van der Waals surface area (Å²) in [6.07, 6.45) is 0.248. The van der Waals surface area contributed by atoms with E-state index < -0.39 is 10.0 Å². The number of benzene rings is 1. The lowest BCUT2D eigenvalue weighted by atomic mass is 10.1. The number of sulfonamides is 1. The van der Waals surface area contributed by atoms with E-state index >= 15 is 0 Å². The van der Waals surface area contributed by atoms with Crippen LogP contribution in [0.5, 0.6) is 5.75 Å². The third-order valence-corrected chi connectivity index (χ3v) is 4.10. The molecule has 0 atom stereocenters. The second-order valence-electron chi connectivity index (χ2n) is 3.84. The maximum absolute atomic E-state index is 12.1. The van der Waals surface area contributed by atoms with Gasteiger partial charge in [-0.1, -0.05) is 0 Å².